The molecule has 0 atom stereocenters. The molecule has 0 bridgehead atoms. The largest absolute Gasteiger partial charge is 0.493 e. The average Bonchev–Trinajstić information content (AvgIpc) is 3.62. The SMILES string of the molecule is CN(c1ccc(Oc2nc(O)c3ccncc3n2)cc1)c1ccc(C2(C(F)(F)F)CC2)cc1. The first kappa shape index (κ1) is 21.0. The van der Waals surface area contributed by atoms with Crippen LogP contribution in [0.2, 0.25) is 0 Å². The van der Waals surface area contributed by atoms with Crippen LogP contribution in [0.25, 0.3) is 10.9 Å². The smallest absolute Gasteiger partial charge is 0.398 e. The maximum atomic E-state index is 13.4. The zero-order chi connectivity index (χ0) is 23.2. The van der Waals surface area contributed by atoms with Crippen LogP contribution in [-0.2, 0) is 5.41 Å². The molecule has 5 rings (SSSR count). The molecule has 0 spiro atoms. The van der Waals surface area contributed by atoms with Gasteiger partial charge in [0, 0.05) is 24.6 Å². The minimum absolute atomic E-state index is 0.0108. The second-order valence-electron chi connectivity index (χ2n) is 8.00. The van der Waals surface area contributed by atoms with Gasteiger partial charge in [-0.2, -0.15) is 23.1 Å². The number of nitrogens with zero attached hydrogens (tertiary/aromatic N) is 4. The number of anilines is 2. The summed E-state index contributed by atoms with van der Waals surface area (Å²) in [5.41, 5.74) is 0.667. The topological polar surface area (TPSA) is 71.4 Å². The molecule has 0 aliphatic heterocycles. The number of ether oxygens (including phenoxy) is 1. The van der Waals surface area contributed by atoms with Gasteiger partial charge in [-0.05, 0) is 60.9 Å². The highest BCUT2D eigenvalue weighted by Crippen LogP contribution is 2.59. The lowest BCUT2D eigenvalue weighted by molar-refractivity contribution is -0.160. The molecule has 0 amide bonds. The van der Waals surface area contributed by atoms with Gasteiger partial charge in [-0.3, -0.25) is 4.98 Å². The first-order valence-corrected chi connectivity index (χ1v) is 10.3. The van der Waals surface area contributed by atoms with Gasteiger partial charge in [0.05, 0.1) is 22.5 Å². The van der Waals surface area contributed by atoms with E-state index in [1.807, 2.05) is 24.1 Å². The maximum Gasteiger partial charge on any atom is 0.398 e. The van der Waals surface area contributed by atoms with Crippen LogP contribution in [-0.4, -0.2) is 33.3 Å². The zero-order valence-corrected chi connectivity index (χ0v) is 17.5. The Bertz CT molecular complexity index is 1300. The number of fused-ring (bicyclic) bond motifs is 1. The van der Waals surface area contributed by atoms with Crippen molar-refractivity contribution < 1.29 is 23.0 Å². The maximum absolute atomic E-state index is 13.4. The molecule has 9 heteroatoms. The molecular weight excluding hydrogens is 433 g/mol. The fourth-order valence-electron chi connectivity index (χ4n) is 3.85. The normalized spacial score (nSPS) is 14.8. The van der Waals surface area contributed by atoms with Crippen LogP contribution in [0, 0.1) is 0 Å². The average molecular weight is 452 g/mol. The summed E-state index contributed by atoms with van der Waals surface area (Å²) in [7, 11) is 1.83. The molecule has 1 aliphatic rings. The number of halogens is 3. The molecule has 2 aromatic carbocycles. The van der Waals surface area contributed by atoms with E-state index in [0.717, 1.165) is 11.4 Å². The third-order valence-electron chi connectivity index (χ3n) is 5.99. The van der Waals surface area contributed by atoms with Gasteiger partial charge in [0.2, 0.25) is 5.88 Å². The minimum Gasteiger partial charge on any atom is -0.493 e. The first-order chi connectivity index (χ1) is 15.8. The van der Waals surface area contributed by atoms with Crippen molar-refractivity contribution >= 4 is 22.3 Å². The number of alkyl halides is 3. The third kappa shape index (κ3) is 3.79. The number of rotatable bonds is 5. The molecule has 1 aliphatic carbocycles. The van der Waals surface area contributed by atoms with Crippen LogP contribution in [0.4, 0.5) is 24.5 Å². The first-order valence-electron chi connectivity index (χ1n) is 10.3. The van der Waals surface area contributed by atoms with Gasteiger partial charge in [-0.15, -0.1) is 0 Å². The summed E-state index contributed by atoms with van der Waals surface area (Å²) in [6.45, 7) is 0. The van der Waals surface area contributed by atoms with E-state index in [4.69, 9.17) is 4.74 Å². The molecule has 0 unspecified atom stereocenters. The van der Waals surface area contributed by atoms with Gasteiger partial charge < -0.3 is 14.7 Å². The van der Waals surface area contributed by atoms with E-state index in [2.05, 4.69) is 15.0 Å². The highest BCUT2D eigenvalue weighted by molar-refractivity contribution is 5.82. The van der Waals surface area contributed by atoms with Crippen LogP contribution >= 0.6 is 0 Å². The summed E-state index contributed by atoms with van der Waals surface area (Å²) in [4.78, 5) is 14.0. The van der Waals surface area contributed by atoms with Gasteiger partial charge in [-0.25, -0.2) is 0 Å². The molecule has 4 aromatic rings. The Balaban J connectivity index is 1.31. The summed E-state index contributed by atoms with van der Waals surface area (Å²) >= 11 is 0. The summed E-state index contributed by atoms with van der Waals surface area (Å²) in [6.07, 6.45) is -0.898. The van der Waals surface area contributed by atoms with Crippen LogP contribution in [0.15, 0.2) is 67.0 Å². The molecule has 2 heterocycles. The summed E-state index contributed by atoms with van der Waals surface area (Å²) in [5, 5.41) is 10.5. The second kappa shape index (κ2) is 7.61. The number of hydrogen-bond acceptors (Lipinski definition) is 6. The molecule has 6 nitrogen and oxygen atoms in total. The Hall–Kier alpha value is -3.88. The van der Waals surface area contributed by atoms with Crippen molar-refractivity contribution in [1.29, 1.82) is 0 Å². The minimum atomic E-state index is -4.22. The number of benzene rings is 2. The van der Waals surface area contributed by atoms with Crippen LogP contribution in [0.1, 0.15) is 18.4 Å². The van der Waals surface area contributed by atoms with Crippen LogP contribution in [0.5, 0.6) is 17.6 Å². The molecule has 2 aromatic heterocycles. The number of pyridine rings is 1. The Labute approximate surface area is 187 Å². The Kier molecular flexibility index (Phi) is 4.84. The van der Waals surface area contributed by atoms with Gasteiger partial charge in [-0.1, -0.05) is 12.1 Å². The fraction of sp³-hybridized carbons (Fsp3) is 0.208. The van der Waals surface area contributed by atoms with Crippen LogP contribution in [0.3, 0.4) is 0 Å². The van der Waals surface area contributed by atoms with Crippen molar-refractivity contribution in [3.8, 4) is 17.6 Å². The molecule has 0 radical (unpaired) electrons. The number of aromatic hydroxyl groups is 1. The van der Waals surface area contributed by atoms with Crippen molar-refractivity contribution in [3.05, 3.63) is 72.6 Å². The Morgan fingerprint density at radius 1 is 0.939 bits per heavy atom. The standard InChI is InChI=1S/C24H19F3N4O2/c1-31(16-4-2-15(3-5-16)23(11-12-23)24(25,26)27)17-6-8-18(9-7-17)33-22-29-20-14-28-13-10-19(20)21(32)30-22/h2-10,13-14H,11-12H2,1H3,(H,29,30,32). The Morgan fingerprint density at radius 3 is 2.18 bits per heavy atom. The van der Waals surface area contributed by atoms with Crippen molar-refractivity contribution in [2.45, 2.75) is 24.4 Å². The molecule has 1 N–H and O–H groups in total. The second-order valence-corrected chi connectivity index (χ2v) is 8.00. The molecule has 0 saturated heterocycles. The fourth-order valence-corrected chi connectivity index (χ4v) is 3.85. The van der Waals surface area contributed by atoms with E-state index >= 15 is 0 Å². The molecule has 33 heavy (non-hydrogen) atoms. The van der Waals surface area contributed by atoms with E-state index in [-0.39, 0.29) is 24.7 Å². The lowest BCUT2D eigenvalue weighted by Gasteiger charge is -2.23. The monoisotopic (exact) mass is 452 g/mol. The van der Waals surface area contributed by atoms with Gasteiger partial charge in [0.1, 0.15) is 5.75 Å². The Morgan fingerprint density at radius 2 is 1.58 bits per heavy atom. The predicted molar refractivity (Wildman–Crippen MR) is 117 cm³/mol. The van der Waals surface area contributed by atoms with Crippen molar-refractivity contribution in [3.63, 3.8) is 0 Å². The van der Waals surface area contributed by atoms with Gasteiger partial charge in [0.25, 0.3) is 0 Å². The zero-order valence-electron chi connectivity index (χ0n) is 17.5. The summed E-state index contributed by atoms with van der Waals surface area (Å²) < 4.78 is 45.7. The number of aromatic nitrogens is 3. The van der Waals surface area contributed by atoms with E-state index < -0.39 is 11.6 Å². The van der Waals surface area contributed by atoms with E-state index in [9.17, 15) is 18.3 Å². The molecular formula is C24H19F3N4O2. The lowest BCUT2D eigenvalue weighted by Crippen LogP contribution is -2.28. The highest BCUT2D eigenvalue weighted by atomic mass is 19.4. The number of hydrogen-bond donors (Lipinski definition) is 1. The predicted octanol–water partition coefficient (Wildman–Crippen LogP) is 5.88. The van der Waals surface area contributed by atoms with Gasteiger partial charge >= 0.3 is 12.2 Å². The van der Waals surface area contributed by atoms with E-state index in [1.54, 1.807) is 42.5 Å². The van der Waals surface area contributed by atoms with Crippen molar-refractivity contribution in [1.82, 2.24) is 15.0 Å². The van der Waals surface area contributed by atoms with E-state index in [0.29, 0.717) is 22.2 Å². The van der Waals surface area contributed by atoms with Crippen LogP contribution < -0.4 is 9.64 Å². The lowest BCUT2D eigenvalue weighted by atomic mass is 9.95. The van der Waals surface area contributed by atoms with E-state index in [1.165, 1.54) is 12.4 Å². The molecule has 168 valence electrons. The molecule has 1 fully saturated rings. The third-order valence-corrected chi connectivity index (χ3v) is 5.99. The quantitative estimate of drug-likeness (QED) is 0.408. The highest BCUT2D eigenvalue weighted by Gasteiger charge is 2.64. The van der Waals surface area contributed by atoms with Crippen molar-refractivity contribution in [2.24, 2.45) is 0 Å². The molecule has 1 saturated carbocycles. The van der Waals surface area contributed by atoms with Crippen molar-refractivity contribution in [2.75, 3.05) is 11.9 Å². The summed E-state index contributed by atoms with van der Waals surface area (Å²) in [6, 6.07) is 15.2. The van der Waals surface area contributed by atoms with Gasteiger partial charge in [0.15, 0.2) is 0 Å². The summed E-state index contributed by atoms with van der Waals surface area (Å²) in [5.74, 6) is 0.265.